The Morgan fingerprint density at radius 1 is 1.47 bits per heavy atom. The topological polar surface area (TPSA) is 55.1 Å². The van der Waals surface area contributed by atoms with Crippen LogP contribution in [0.4, 0.5) is 4.39 Å². The Hall–Kier alpha value is -1.42. The maximum absolute atomic E-state index is 13.4. The molecule has 17 heavy (non-hydrogen) atoms. The summed E-state index contributed by atoms with van der Waals surface area (Å²) in [6.45, 7) is 4.01. The van der Waals surface area contributed by atoms with Crippen LogP contribution in [0.5, 0.6) is 0 Å². The predicted octanol–water partition coefficient (Wildman–Crippen LogP) is 1.68. The number of benzene rings is 1. The fourth-order valence-corrected chi connectivity index (χ4v) is 2.09. The minimum absolute atomic E-state index is 0.0182. The van der Waals surface area contributed by atoms with Gasteiger partial charge < -0.3 is 11.1 Å². The molecule has 1 aromatic carbocycles. The molecular weight excluding hydrogens is 219 g/mol. The highest BCUT2D eigenvalue weighted by atomic mass is 19.1. The average molecular weight is 236 g/mol. The van der Waals surface area contributed by atoms with E-state index in [4.69, 9.17) is 5.73 Å². The SMILES string of the molecule is CC1(C)C(N)CC1NC(=O)c1ccccc1F. The Kier molecular flexibility index (Phi) is 2.91. The molecule has 2 atom stereocenters. The summed E-state index contributed by atoms with van der Waals surface area (Å²) in [5.74, 6) is -0.862. The molecule has 3 nitrogen and oxygen atoms in total. The number of nitrogens with one attached hydrogen (secondary N) is 1. The van der Waals surface area contributed by atoms with Gasteiger partial charge in [0, 0.05) is 17.5 Å². The lowest BCUT2D eigenvalue weighted by Crippen LogP contribution is -2.64. The van der Waals surface area contributed by atoms with Gasteiger partial charge in [0.05, 0.1) is 5.56 Å². The number of amides is 1. The van der Waals surface area contributed by atoms with Crippen LogP contribution in [0.15, 0.2) is 24.3 Å². The molecule has 0 aromatic heterocycles. The first-order valence-corrected chi connectivity index (χ1v) is 5.74. The zero-order valence-electron chi connectivity index (χ0n) is 10.0. The van der Waals surface area contributed by atoms with Crippen LogP contribution in [0.3, 0.4) is 0 Å². The van der Waals surface area contributed by atoms with Gasteiger partial charge in [-0.1, -0.05) is 26.0 Å². The first kappa shape index (κ1) is 12.0. The van der Waals surface area contributed by atoms with E-state index in [1.807, 2.05) is 13.8 Å². The van der Waals surface area contributed by atoms with Gasteiger partial charge >= 0.3 is 0 Å². The molecule has 1 fully saturated rings. The van der Waals surface area contributed by atoms with Crippen molar-refractivity contribution in [1.82, 2.24) is 5.32 Å². The summed E-state index contributed by atoms with van der Waals surface area (Å²) >= 11 is 0. The molecule has 1 aromatic rings. The molecule has 3 N–H and O–H groups in total. The Labute approximate surface area is 100 Å². The summed E-state index contributed by atoms with van der Waals surface area (Å²) in [6.07, 6.45) is 0.743. The van der Waals surface area contributed by atoms with Gasteiger partial charge in [-0.3, -0.25) is 4.79 Å². The van der Waals surface area contributed by atoms with Gasteiger partial charge in [-0.2, -0.15) is 0 Å². The molecule has 92 valence electrons. The molecular formula is C13H17FN2O. The first-order valence-electron chi connectivity index (χ1n) is 5.74. The van der Waals surface area contributed by atoms with Crippen molar-refractivity contribution in [2.75, 3.05) is 0 Å². The van der Waals surface area contributed by atoms with Crippen molar-refractivity contribution in [3.05, 3.63) is 35.6 Å². The molecule has 0 bridgehead atoms. The third kappa shape index (κ3) is 2.05. The number of carbonyl (C=O) groups is 1. The molecule has 2 unspecified atom stereocenters. The van der Waals surface area contributed by atoms with E-state index in [0.717, 1.165) is 6.42 Å². The van der Waals surface area contributed by atoms with Gasteiger partial charge in [0.2, 0.25) is 0 Å². The van der Waals surface area contributed by atoms with Gasteiger partial charge in [0.25, 0.3) is 5.91 Å². The molecule has 1 saturated carbocycles. The van der Waals surface area contributed by atoms with Crippen LogP contribution < -0.4 is 11.1 Å². The smallest absolute Gasteiger partial charge is 0.254 e. The van der Waals surface area contributed by atoms with Crippen LogP contribution in [-0.2, 0) is 0 Å². The molecule has 0 aliphatic heterocycles. The van der Waals surface area contributed by atoms with E-state index in [1.54, 1.807) is 12.1 Å². The van der Waals surface area contributed by atoms with Crippen molar-refractivity contribution in [2.45, 2.75) is 32.4 Å². The average Bonchev–Trinajstić information content (AvgIpc) is 2.29. The molecule has 1 aliphatic rings. The molecule has 0 heterocycles. The van der Waals surface area contributed by atoms with Crippen molar-refractivity contribution in [3.8, 4) is 0 Å². The Balaban J connectivity index is 2.07. The van der Waals surface area contributed by atoms with Crippen molar-refractivity contribution < 1.29 is 9.18 Å². The van der Waals surface area contributed by atoms with Gasteiger partial charge in [-0.15, -0.1) is 0 Å². The van der Waals surface area contributed by atoms with Gasteiger partial charge in [-0.05, 0) is 18.6 Å². The lowest BCUT2D eigenvalue weighted by atomic mass is 9.63. The lowest BCUT2D eigenvalue weighted by Gasteiger charge is -2.50. The zero-order chi connectivity index (χ0) is 12.6. The summed E-state index contributed by atoms with van der Waals surface area (Å²) in [5, 5.41) is 2.84. The van der Waals surface area contributed by atoms with E-state index in [2.05, 4.69) is 5.32 Å². The van der Waals surface area contributed by atoms with Crippen molar-refractivity contribution in [3.63, 3.8) is 0 Å². The van der Waals surface area contributed by atoms with E-state index < -0.39 is 5.82 Å². The summed E-state index contributed by atoms with van der Waals surface area (Å²) in [5.41, 5.74) is 5.83. The minimum atomic E-state index is -0.494. The van der Waals surface area contributed by atoms with Crippen LogP contribution in [0.25, 0.3) is 0 Å². The molecule has 1 amide bonds. The summed E-state index contributed by atoms with van der Waals surface area (Å²) in [7, 11) is 0. The summed E-state index contributed by atoms with van der Waals surface area (Å²) in [6, 6.07) is 6.09. The second-order valence-electron chi connectivity index (χ2n) is 5.17. The number of hydrogen-bond donors (Lipinski definition) is 2. The Morgan fingerprint density at radius 2 is 2.12 bits per heavy atom. The monoisotopic (exact) mass is 236 g/mol. The quantitative estimate of drug-likeness (QED) is 0.821. The van der Waals surface area contributed by atoms with Crippen LogP contribution in [0.1, 0.15) is 30.6 Å². The Morgan fingerprint density at radius 3 is 2.65 bits per heavy atom. The fourth-order valence-electron chi connectivity index (χ4n) is 2.09. The van der Waals surface area contributed by atoms with Crippen molar-refractivity contribution in [1.29, 1.82) is 0 Å². The highest BCUT2D eigenvalue weighted by Crippen LogP contribution is 2.39. The van der Waals surface area contributed by atoms with Gasteiger partial charge in [0.15, 0.2) is 0 Å². The first-order chi connectivity index (χ1) is 7.93. The molecule has 0 radical (unpaired) electrons. The molecule has 4 heteroatoms. The molecule has 1 aliphatic carbocycles. The molecule has 2 rings (SSSR count). The maximum atomic E-state index is 13.4. The second kappa shape index (κ2) is 4.11. The highest BCUT2D eigenvalue weighted by Gasteiger charge is 2.46. The molecule has 0 saturated heterocycles. The van der Waals surface area contributed by atoms with E-state index in [9.17, 15) is 9.18 Å². The fraction of sp³-hybridized carbons (Fsp3) is 0.462. The Bertz CT molecular complexity index is 445. The van der Waals surface area contributed by atoms with Gasteiger partial charge in [0.1, 0.15) is 5.82 Å². The number of halogens is 1. The lowest BCUT2D eigenvalue weighted by molar-refractivity contribution is 0.0584. The van der Waals surface area contributed by atoms with Crippen molar-refractivity contribution in [2.24, 2.45) is 11.1 Å². The van der Waals surface area contributed by atoms with Crippen molar-refractivity contribution >= 4 is 5.91 Å². The van der Waals surface area contributed by atoms with Crippen LogP contribution in [0.2, 0.25) is 0 Å². The van der Waals surface area contributed by atoms with E-state index in [1.165, 1.54) is 12.1 Å². The zero-order valence-corrected chi connectivity index (χ0v) is 10.0. The van der Waals surface area contributed by atoms with E-state index in [-0.39, 0.29) is 29.0 Å². The van der Waals surface area contributed by atoms with Crippen LogP contribution >= 0.6 is 0 Å². The number of rotatable bonds is 2. The third-order valence-electron chi connectivity index (χ3n) is 3.77. The predicted molar refractivity (Wildman–Crippen MR) is 64.0 cm³/mol. The number of carbonyl (C=O) groups excluding carboxylic acids is 1. The number of nitrogens with two attached hydrogens (primary N) is 1. The molecule has 0 spiro atoms. The number of hydrogen-bond acceptors (Lipinski definition) is 2. The largest absolute Gasteiger partial charge is 0.349 e. The third-order valence-corrected chi connectivity index (χ3v) is 3.77. The maximum Gasteiger partial charge on any atom is 0.254 e. The second-order valence-corrected chi connectivity index (χ2v) is 5.17. The van der Waals surface area contributed by atoms with Crippen LogP contribution in [0, 0.1) is 11.2 Å². The van der Waals surface area contributed by atoms with E-state index >= 15 is 0 Å². The minimum Gasteiger partial charge on any atom is -0.349 e. The summed E-state index contributed by atoms with van der Waals surface area (Å²) < 4.78 is 13.4. The van der Waals surface area contributed by atoms with Gasteiger partial charge in [-0.25, -0.2) is 4.39 Å². The summed E-state index contributed by atoms with van der Waals surface area (Å²) in [4.78, 5) is 11.9. The highest BCUT2D eigenvalue weighted by molar-refractivity contribution is 5.94. The van der Waals surface area contributed by atoms with E-state index in [0.29, 0.717) is 0 Å². The standard InChI is InChI=1S/C13H17FN2O/c1-13(2)10(15)7-11(13)16-12(17)8-5-3-4-6-9(8)14/h3-6,10-11H,7,15H2,1-2H3,(H,16,17). The normalized spacial score (nSPS) is 26.1. The van der Waals surface area contributed by atoms with Crippen LogP contribution in [-0.4, -0.2) is 18.0 Å².